The summed E-state index contributed by atoms with van der Waals surface area (Å²) in [4.78, 5) is 27.3. The third-order valence-electron chi connectivity index (χ3n) is 4.34. The Balaban J connectivity index is 1.54. The number of rotatable bonds is 4. The highest BCUT2D eigenvalue weighted by Gasteiger charge is 2.21. The Morgan fingerprint density at radius 3 is 2.88 bits per heavy atom. The first kappa shape index (κ1) is 16.8. The summed E-state index contributed by atoms with van der Waals surface area (Å²) in [5.74, 6) is 1.73. The van der Waals surface area contributed by atoms with Gasteiger partial charge in [-0.05, 0) is 42.8 Å². The average molecular weight is 370 g/mol. The summed E-state index contributed by atoms with van der Waals surface area (Å²) in [6.45, 7) is 3.23. The van der Waals surface area contributed by atoms with Gasteiger partial charge in [-0.2, -0.15) is 0 Å². The summed E-state index contributed by atoms with van der Waals surface area (Å²) in [7, 11) is 0. The molecule has 7 heteroatoms. The lowest BCUT2D eigenvalue weighted by Gasteiger charge is -2.23. The van der Waals surface area contributed by atoms with E-state index >= 15 is 0 Å². The highest BCUT2D eigenvalue weighted by molar-refractivity contribution is 8.00. The number of fused-ring (bicyclic) bond motifs is 2. The molecule has 2 amide bonds. The predicted octanol–water partition coefficient (Wildman–Crippen LogP) is 3.12. The molecule has 2 heterocycles. The van der Waals surface area contributed by atoms with Crippen molar-refractivity contribution in [1.29, 1.82) is 0 Å². The molecular weight excluding hydrogens is 352 g/mol. The van der Waals surface area contributed by atoms with E-state index in [9.17, 15) is 9.59 Å². The molecule has 134 valence electrons. The summed E-state index contributed by atoms with van der Waals surface area (Å²) < 4.78 is 10.7. The van der Waals surface area contributed by atoms with Gasteiger partial charge in [-0.25, -0.2) is 0 Å². The van der Waals surface area contributed by atoms with E-state index in [0.29, 0.717) is 35.8 Å². The molecule has 1 N–H and O–H groups in total. The van der Waals surface area contributed by atoms with Crippen LogP contribution in [0.4, 0.5) is 5.69 Å². The minimum absolute atomic E-state index is 0.0418. The molecule has 0 saturated heterocycles. The summed E-state index contributed by atoms with van der Waals surface area (Å²) in [5.41, 5.74) is 2.25. The zero-order valence-corrected chi connectivity index (χ0v) is 15.1. The predicted molar refractivity (Wildman–Crippen MR) is 98.8 cm³/mol. The maximum atomic E-state index is 12.9. The van der Waals surface area contributed by atoms with Gasteiger partial charge in [0.05, 0.1) is 11.4 Å². The zero-order valence-electron chi connectivity index (χ0n) is 14.3. The third-order valence-corrected chi connectivity index (χ3v) is 5.41. The number of amides is 2. The van der Waals surface area contributed by atoms with Gasteiger partial charge in [-0.3, -0.25) is 9.59 Å². The first-order valence-corrected chi connectivity index (χ1v) is 9.37. The van der Waals surface area contributed by atoms with Gasteiger partial charge in [-0.1, -0.05) is 6.07 Å². The Bertz CT molecular complexity index is 884. The molecule has 0 atom stereocenters. The number of benzene rings is 2. The fourth-order valence-electron chi connectivity index (χ4n) is 2.99. The van der Waals surface area contributed by atoms with Gasteiger partial charge < -0.3 is 19.7 Å². The third kappa shape index (κ3) is 3.22. The van der Waals surface area contributed by atoms with Gasteiger partial charge in [0.2, 0.25) is 12.7 Å². The van der Waals surface area contributed by atoms with E-state index < -0.39 is 0 Å². The average Bonchev–Trinajstić information content (AvgIpc) is 3.12. The maximum absolute atomic E-state index is 12.9. The van der Waals surface area contributed by atoms with E-state index in [2.05, 4.69) is 5.32 Å². The van der Waals surface area contributed by atoms with Crippen molar-refractivity contribution in [3.63, 3.8) is 0 Å². The SMILES string of the molecule is CCN(Cc1ccc2c(c1)OCO2)C(=O)c1ccc2c(c1)NC(=O)CS2. The van der Waals surface area contributed by atoms with Crippen LogP contribution in [-0.4, -0.2) is 35.8 Å². The molecule has 2 aliphatic heterocycles. The van der Waals surface area contributed by atoms with Crippen molar-refractivity contribution in [1.82, 2.24) is 4.90 Å². The van der Waals surface area contributed by atoms with Crippen LogP contribution in [0.1, 0.15) is 22.8 Å². The number of thioether (sulfide) groups is 1. The Morgan fingerprint density at radius 2 is 2.04 bits per heavy atom. The molecule has 26 heavy (non-hydrogen) atoms. The molecule has 2 aliphatic rings. The van der Waals surface area contributed by atoms with Gasteiger partial charge in [0.15, 0.2) is 11.5 Å². The number of carbonyl (C=O) groups excluding carboxylic acids is 2. The van der Waals surface area contributed by atoms with Gasteiger partial charge in [0.1, 0.15) is 0 Å². The number of nitrogens with zero attached hydrogens (tertiary/aromatic N) is 1. The number of nitrogens with one attached hydrogen (secondary N) is 1. The number of anilines is 1. The van der Waals surface area contributed by atoms with Crippen molar-refractivity contribution in [2.75, 3.05) is 24.4 Å². The normalized spacial score (nSPS) is 14.6. The summed E-state index contributed by atoms with van der Waals surface area (Å²) in [6, 6.07) is 11.2. The van der Waals surface area contributed by atoms with Crippen LogP contribution in [0.5, 0.6) is 11.5 Å². The largest absolute Gasteiger partial charge is 0.454 e. The van der Waals surface area contributed by atoms with Gasteiger partial charge in [0, 0.05) is 23.5 Å². The number of hydrogen-bond donors (Lipinski definition) is 1. The molecule has 0 aromatic heterocycles. The molecule has 2 aromatic carbocycles. The van der Waals surface area contributed by atoms with Crippen LogP contribution >= 0.6 is 11.8 Å². The van der Waals surface area contributed by atoms with Crippen LogP contribution in [0.2, 0.25) is 0 Å². The number of carbonyl (C=O) groups is 2. The molecule has 0 bridgehead atoms. The lowest BCUT2D eigenvalue weighted by molar-refractivity contribution is -0.113. The highest BCUT2D eigenvalue weighted by Crippen LogP contribution is 2.34. The van der Waals surface area contributed by atoms with Crippen LogP contribution in [0.3, 0.4) is 0 Å². The van der Waals surface area contributed by atoms with Crippen molar-refractivity contribution < 1.29 is 19.1 Å². The molecule has 0 unspecified atom stereocenters. The van der Waals surface area contributed by atoms with Gasteiger partial charge in [-0.15, -0.1) is 11.8 Å². The van der Waals surface area contributed by atoms with Crippen LogP contribution in [0.15, 0.2) is 41.3 Å². The number of hydrogen-bond acceptors (Lipinski definition) is 5. The Morgan fingerprint density at radius 1 is 1.19 bits per heavy atom. The van der Waals surface area contributed by atoms with E-state index in [1.807, 2.05) is 37.3 Å². The van der Waals surface area contributed by atoms with Crippen molar-refractivity contribution in [3.05, 3.63) is 47.5 Å². The topological polar surface area (TPSA) is 67.9 Å². The molecule has 0 fully saturated rings. The summed E-state index contributed by atoms with van der Waals surface area (Å²) in [6.07, 6.45) is 0. The van der Waals surface area contributed by atoms with Gasteiger partial charge >= 0.3 is 0 Å². The molecule has 0 saturated carbocycles. The molecule has 0 aliphatic carbocycles. The van der Waals surface area contributed by atoms with Crippen molar-refractivity contribution in [2.24, 2.45) is 0 Å². The molecule has 0 radical (unpaired) electrons. The van der Waals surface area contributed by atoms with E-state index in [0.717, 1.165) is 16.2 Å². The monoisotopic (exact) mass is 370 g/mol. The molecule has 6 nitrogen and oxygen atoms in total. The fraction of sp³-hybridized carbons (Fsp3) is 0.263. The smallest absolute Gasteiger partial charge is 0.254 e. The Kier molecular flexibility index (Phi) is 4.46. The van der Waals surface area contributed by atoms with Gasteiger partial charge in [0.25, 0.3) is 5.91 Å². The minimum atomic E-state index is -0.0715. The lowest BCUT2D eigenvalue weighted by Crippen LogP contribution is -2.30. The zero-order chi connectivity index (χ0) is 18.1. The van der Waals surface area contributed by atoms with Crippen molar-refractivity contribution in [3.8, 4) is 11.5 Å². The standard InChI is InChI=1S/C19H18N2O4S/c1-2-21(9-12-3-5-15-16(7-12)25-11-24-15)19(23)13-4-6-17-14(8-13)20-18(22)10-26-17/h3-8H,2,9-11H2,1H3,(H,20,22). The Labute approximate surface area is 155 Å². The van der Waals surface area contributed by atoms with Crippen molar-refractivity contribution in [2.45, 2.75) is 18.4 Å². The summed E-state index contributed by atoms with van der Waals surface area (Å²) in [5, 5.41) is 2.83. The van der Waals surface area contributed by atoms with E-state index in [4.69, 9.17) is 9.47 Å². The molecule has 2 aromatic rings. The molecule has 0 spiro atoms. The second kappa shape index (κ2) is 6.92. The summed E-state index contributed by atoms with van der Waals surface area (Å²) >= 11 is 1.48. The minimum Gasteiger partial charge on any atom is -0.454 e. The van der Waals surface area contributed by atoms with Crippen LogP contribution in [-0.2, 0) is 11.3 Å². The van der Waals surface area contributed by atoms with Crippen molar-refractivity contribution >= 4 is 29.3 Å². The van der Waals surface area contributed by atoms with E-state index in [1.54, 1.807) is 11.0 Å². The number of ether oxygens (including phenoxy) is 2. The first-order chi connectivity index (χ1) is 12.6. The van der Waals surface area contributed by atoms with E-state index in [1.165, 1.54) is 11.8 Å². The molecular formula is C19H18N2O4S. The van der Waals surface area contributed by atoms with Crippen LogP contribution in [0, 0.1) is 0 Å². The second-order valence-electron chi connectivity index (χ2n) is 6.05. The molecule has 4 rings (SSSR count). The fourth-order valence-corrected chi connectivity index (χ4v) is 3.77. The van der Waals surface area contributed by atoms with E-state index in [-0.39, 0.29) is 18.6 Å². The highest BCUT2D eigenvalue weighted by atomic mass is 32.2. The second-order valence-corrected chi connectivity index (χ2v) is 7.07. The quantitative estimate of drug-likeness (QED) is 0.896. The first-order valence-electron chi connectivity index (χ1n) is 8.38. The van der Waals surface area contributed by atoms with Crippen LogP contribution < -0.4 is 14.8 Å². The maximum Gasteiger partial charge on any atom is 0.254 e. The lowest BCUT2D eigenvalue weighted by atomic mass is 10.1. The Hall–Kier alpha value is -2.67. The van der Waals surface area contributed by atoms with Crippen LogP contribution in [0.25, 0.3) is 0 Å².